The van der Waals surface area contributed by atoms with Gasteiger partial charge in [0.25, 0.3) is 0 Å². The number of nitrogens with one attached hydrogen (secondary N) is 1. The van der Waals surface area contributed by atoms with Crippen molar-refractivity contribution in [3.05, 3.63) is 12.2 Å². The lowest BCUT2D eigenvalue weighted by Gasteiger charge is -2.12. The Balaban J connectivity index is 2.17. The molecule has 4 heteroatoms. The second-order valence-electron chi connectivity index (χ2n) is 3.69. The highest BCUT2D eigenvalue weighted by Crippen LogP contribution is 2.07. The Kier molecular flexibility index (Phi) is 5.36. The van der Waals surface area contributed by atoms with Crippen molar-refractivity contribution in [3.8, 4) is 0 Å². The highest BCUT2D eigenvalue weighted by atomic mass is 16.5. The minimum Gasteiger partial charge on any atom is -0.463 e. The zero-order valence-electron chi connectivity index (χ0n) is 9.53. The highest BCUT2D eigenvalue weighted by Gasteiger charge is 2.19. The van der Waals surface area contributed by atoms with Gasteiger partial charge in [-0.3, -0.25) is 4.90 Å². The first-order valence-corrected chi connectivity index (χ1v) is 5.49. The van der Waals surface area contributed by atoms with Gasteiger partial charge in [-0.25, -0.2) is 4.79 Å². The van der Waals surface area contributed by atoms with Crippen LogP contribution >= 0.6 is 0 Å². The fourth-order valence-corrected chi connectivity index (χ4v) is 1.72. The van der Waals surface area contributed by atoms with E-state index in [4.69, 9.17) is 4.74 Å². The van der Waals surface area contributed by atoms with Gasteiger partial charge in [0.05, 0.1) is 6.61 Å². The Morgan fingerprint density at radius 2 is 2.47 bits per heavy atom. The maximum atomic E-state index is 11.0. The predicted molar refractivity (Wildman–Crippen MR) is 59.7 cm³/mol. The molecule has 1 unspecified atom stereocenters. The first-order valence-electron chi connectivity index (χ1n) is 5.49. The largest absolute Gasteiger partial charge is 0.463 e. The molecule has 0 amide bonds. The zero-order chi connectivity index (χ0) is 11.1. The van der Waals surface area contributed by atoms with E-state index in [9.17, 15) is 4.79 Å². The minimum atomic E-state index is -0.248. The van der Waals surface area contributed by atoms with Crippen LogP contribution in [0.3, 0.4) is 0 Å². The number of hydrogen-bond acceptors (Lipinski definition) is 4. The topological polar surface area (TPSA) is 41.6 Å². The van der Waals surface area contributed by atoms with Crippen LogP contribution in [0, 0.1) is 0 Å². The van der Waals surface area contributed by atoms with Gasteiger partial charge in [-0.2, -0.15) is 0 Å². The lowest BCUT2D eigenvalue weighted by Crippen LogP contribution is -2.29. The smallest absolute Gasteiger partial charge is 0.330 e. The summed E-state index contributed by atoms with van der Waals surface area (Å²) in [6.45, 7) is 5.23. The third kappa shape index (κ3) is 4.44. The molecule has 1 aliphatic rings. The van der Waals surface area contributed by atoms with Crippen LogP contribution in [0.5, 0.6) is 0 Å². The molecule has 1 fully saturated rings. The van der Waals surface area contributed by atoms with E-state index in [-0.39, 0.29) is 5.97 Å². The molecule has 0 aromatic carbocycles. The van der Waals surface area contributed by atoms with Crippen LogP contribution in [0.1, 0.15) is 13.3 Å². The Bertz CT molecular complexity index is 229. The van der Waals surface area contributed by atoms with Crippen molar-refractivity contribution in [2.75, 3.05) is 33.3 Å². The van der Waals surface area contributed by atoms with E-state index in [2.05, 4.69) is 10.2 Å². The molecule has 1 saturated heterocycles. The Morgan fingerprint density at radius 3 is 3.07 bits per heavy atom. The number of likely N-dealkylation sites (tertiary alicyclic amines) is 1. The van der Waals surface area contributed by atoms with Gasteiger partial charge in [-0.15, -0.1) is 0 Å². The summed E-state index contributed by atoms with van der Waals surface area (Å²) in [7, 11) is 1.99. The number of rotatable bonds is 5. The molecule has 4 nitrogen and oxygen atoms in total. The molecule has 0 aromatic heterocycles. The fourth-order valence-electron chi connectivity index (χ4n) is 1.72. The number of carbonyl (C=O) groups is 1. The van der Waals surface area contributed by atoms with Crippen LogP contribution < -0.4 is 5.32 Å². The molecule has 0 radical (unpaired) electrons. The van der Waals surface area contributed by atoms with E-state index in [0.29, 0.717) is 12.6 Å². The molecule has 0 bridgehead atoms. The van der Waals surface area contributed by atoms with Crippen LogP contribution in [0.15, 0.2) is 12.2 Å². The second-order valence-corrected chi connectivity index (χ2v) is 3.69. The molecule has 0 aliphatic carbocycles. The van der Waals surface area contributed by atoms with E-state index in [1.807, 2.05) is 20.0 Å². The summed E-state index contributed by atoms with van der Waals surface area (Å²) in [5.41, 5.74) is 0. The van der Waals surface area contributed by atoms with E-state index in [1.165, 1.54) is 12.5 Å². The lowest BCUT2D eigenvalue weighted by molar-refractivity contribution is -0.137. The van der Waals surface area contributed by atoms with Crippen molar-refractivity contribution in [1.29, 1.82) is 0 Å². The molecule has 1 N–H and O–H groups in total. The molecule has 0 saturated carbocycles. The summed E-state index contributed by atoms with van der Waals surface area (Å²) in [5.74, 6) is -0.248. The number of carbonyl (C=O) groups excluding carboxylic acids is 1. The van der Waals surface area contributed by atoms with Gasteiger partial charge >= 0.3 is 5.97 Å². The Morgan fingerprint density at radius 1 is 1.67 bits per heavy atom. The molecule has 15 heavy (non-hydrogen) atoms. The standard InChI is InChI=1S/C11H20N2O2/c1-3-15-11(14)5-4-7-13-8-6-10(9-13)12-2/h4-5,10,12H,3,6-9H2,1-2H3/b5-4+. The summed E-state index contributed by atoms with van der Waals surface area (Å²) >= 11 is 0. The van der Waals surface area contributed by atoms with Gasteiger partial charge in [-0.05, 0) is 20.4 Å². The number of hydrogen-bond donors (Lipinski definition) is 1. The van der Waals surface area contributed by atoms with E-state index < -0.39 is 0 Å². The number of ether oxygens (including phenoxy) is 1. The van der Waals surface area contributed by atoms with Gasteiger partial charge in [0.1, 0.15) is 0 Å². The average Bonchev–Trinajstić information content (AvgIpc) is 2.66. The van der Waals surface area contributed by atoms with Crippen molar-refractivity contribution >= 4 is 5.97 Å². The average molecular weight is 212 g/mol. The molecular weight excluding hydrogens is 192 g/mol. The van der Waals surface area contributed by atoms with Gasteiger partial charge in [-0.1, -0.05) is 6.08 Å². The number of likely N-dealkylation sites (N-methyl/N-ethyl adjacent to an activating group) is 1. The van der Waals surface area contributed by atoms with E-state index >= 15 is 0 Å². The van der Waals surface area contributed by atoms with Crippen LogP contribution in [0.4, 0.5) is 0 Å². The van der Waals surface area contributed by atoms with Crippen molar-refractivity contribution in [3.63, 3.8) is 0 Å². The summed E-state index contributed by atoms with van der Waals surface area (Å²) in [4.78, 5) is 13.3. The SMILES string of the molecule is CCOC(=O)/C=C/CN1CCC(NC)C1. The van der Waals surface area contributed by atoms with Crippen LogP contribution in [-0.4, -0.2) is 50.2 Å². The van der Waals surface area contributed by atoms with Crippen LogP contribution in [0.2, 0.25) is 0 Å². The van der Waals surface area contributed by atoms with Crippen molar-refractivity contribution in [2.45, 2.75) is 19.4 Å². The molecule has 1 rings (SSSR count). The van der Waals surface area contributed by atoms with Gasteiger partial charge in [0.15, 0.2) is 0 Å². The normalized spacial score (nSPS) is 22.4. The fraction of sp³-hybridized carbons (Fsp3) is 0.727. The molecular formula is C11H20N2O2. The highest BCUT2D eigenvalue weighted by molar-refractivity contribution is 5.81. The molecule has 1 aliphatic heterocycles. The maximum Gasteiger partial charge on any atom is 0.330 e. The van der Waals surface area contributed by atoms with Crippen LogP contribution in [0.25, 0.3) is 0 Å². The van der Waals surface area contributed by atoms with Gasteiger partial charge in [0.2, 0.25) is 0 Å². The van der Waals surface area contributed by atoms with Crippen LogP contribution in [-0.2, 0) is 9.53 Å². The summed E-state index contributed by atoms with van der Waals surface area (Å²) < 4.78 is 4.79. The van der Waals surface area contributed by atoms with Crippen molar-refractivity contribution in [2.24, 2.45) is 0 Å². The molecule has 1 heterocycles. The molecule has 0 spiro atoms. The number of nitrogens with zero attached hydrogens (tertiary/aromatic N) is 1. The molecule has 1 atom stereocenters. The first-order chi connectivity index (χ1) is 7.26. The first kappa shape index (κ1) is 12.2. The third-order valence-corrected chi connectivity index (χ3v) is 2.58. The summed E-state index contributed by atoms with van der Waals surface area (Å²) in [6, 6.07) is 0.598. The van der Waals surface area contributed by atoms with Gasteiger partial charge in [0, 0.05) is 31.8 Å². The Hall–Kier alpha value is -0.870. The van der Waals surface area contributed by atoms with Crippen molar-refractivity contribution < 1.29 is 9.53 Å². The Labute approximate surface area is 91.3 Å². The maximum absolute atomic E-state index is 11.0. The van der Waals surface area contributed by atoms with E-state index in [0.717, 1.165) is 19.6 Å². The van der Waals surface area contributed by atoms with Gasteiger partial charge < -0.3 is 10.1 Å². The monoisotopic (exact) mass is 212 g/mol. The number of esters is 1. The van der Waals surface area contributed by atoms with E-state index in [1.54, 1.807) is 0 Å². The minimum absolute atomic E-state index is 0.248. The summed E-state index contributed by atoms with van der Waals surface area (Å²) in [5, 5.41) is 3.26. The third-order valence-electron chi connectivity index (χ3n) is 2.58. The zero-order valence-corrected chi connectivity index (χ0v) is 9.53. The predicted octanol–water partition coefficient (Wildman–Crippen LogP) is 0.399. The quantitative estimate of drug-likeness (QED) is 0.529. The summed E-state index contributed by atoms with van der Waals surface area (Å²) in [6.07, 6.45) is 4.57. The van der Waals surface area contributed by atoms with Crippen molar-refractivity contribution in [1.82, 2.24) is 10.2 Å². The second kappa shape index (κ2) is 6.58. The molecule has 86 valence electrons. The lowest BCUT2D eigenvalue weighted by atomic mass is 10.3. The molecule has 0 aromatic rings.